The summed E-state index contributed by atoms with van der Waals surface area (Å²) >= 11 is 0. The number of aliphatic hydroxyl groups is 1. The van der Waals surface area contributed by atoms with E-state index in [1.807, 2.05) is 55.5 Å². The van der Waals surface area contributed by atoms with Crippen molar-refractivity contribution in [2.75, 3.05) is 4.90 Å². The first-order chi connectivity index (χ1) is 18.4. The lowest BCUT2D eigenvalue weighted by Gasteiger charge is -2.58. The maximum absolute atomic E-state index is 14.1. The predicted octanol–water partition coefficient (Wildman–Crippen LogP) is 6.61. The Morgan fingerprint density at radius 3 is 1.97 bits per heavy atom. The van der Waals surface area contributed by atoms with E-state index in [2.05, 4.69) is 6.07 Å². The number of rotatable bonds is 4. The number of aryl methyl sites for hydroxylation is 1. The fourth-order valence-corrected chi connectivity index (χ4v) is 8.80. The van der Waals surface area contributed by atoms with E-state index in [9.17, 15) is 14.7 Å². The Bertz CT molecular complexity index is 1380. The number of carbonyl (C=O) groups is 2. The maximum atomic E-state index is 14.1. The van der Waals surface area contributed by atoms with Crippen molar-refractivity contribution in [2.45, 2.75) is 69.9 Å². The van der Waals surface area contributed by atoms with Crippen molar-refractivity contribution >= 4 is 17.4 Å². The van der Waals surface area contributed by atoms with E-state index in [1.165, 1.54) is 44.1 Å². The molecule has 4 aliphatic carbocycles. The number of carbonyl (C=O) groups excluding carboxylic acids is 2. The van der Waals surface area contributed by atoms with Crippen molar-refractivity contribution in [3.05, 3.63) is 100 Å². The van der Waals surface area contributed by atoms with Gasteiger partial charge in [0, 0.05) is 16.7 Å². The number of aliphatic hydroxyl groups excluding tert-OH is 1. The Morgan fingerprint density at radius 1 is 0.842 bits per heavy atom. The number of hydrogen-bond donors (Lipinski definition) is 1. The lowest BCUT2D eigenvalue weighted by Crippen LogP contribution is -2.50. The highest BCUT2D eigenvalue weighted by molar-refractivity contribution is 6.17. The van der Waals surface area contributed by atoms with Crippen LogP contribution in [-0.2, 0) is 11.8 Å². The van der Waals surface area contributed by atoms with Gasteiger partial charge in [-0.25, -0.2) is 0 Å². The number of anilines is 1. The molecule has 0 radical (unpaired) electrons. The van der Waals surface area contributed by atoms with Crippen molar-refractivity contribution in [1.82, 2.24) is 0 Å². The number of amides is 1. The van der Waals surface area contributed by atoms with Gasteiger partial charge in [0.15, 0.2) is 5.78 Å². The quantitative estimate of drug-likeness (QED) is 0.406. The van der Waals surface area contributed by atoms with Crippen molar-refractivity contribution in [3.63, 3.8) is 0 Å². The molecule has 4 saturated carbocycles. The zero-order chi connectivity index (χ0) is 26.0. The van der Waals surface area contributed by atoms with Crippen LogP contribution in [0.5, 0.6) is 0 Å². The number of nitrogens with zero attached hydrogens (tertiary/aromatic N) is 1. The summed E-state index contributed by atoms with van der Waals surface area (Å²) in [5.74, 6) is 2.04. The van der Waals surface area contributed by atoms with Crippen LogP contribution in [0.25, 0.3) is 0 Å². The van der Waals surface area contributed by atoms with Crippen LogP contribution < -0.4 is 4.90 Å². The average Bonchev–Trinajstić information content (AvgIpc) is 2.92. The molecule has 1 heterocycles. The summed E-state index contributed by atoms with van der Waals surface area (Å²) < 4.78 is 0. The number of benzene rings is 3. The second-order valence-electron chi connectivity index (χ2n) is 12.4. The highest BCUT2D eigenvalue weighted by atomic mass is 16.3. The topological polar surface area (TPSA) is 57.6 Å². The third-order valence-electron chi connectivity index (χ3n) is 9.91. The van der Waals surface area contributed by atoms with Crippen LogP contribution in [0.4, 0.5) is 5.69 Å². The van der Waals surface area contributed by atoms with Crippen LogP contribution in [0.1, 0.15) is 87.9 Å². The SMILES string of the molecule is Cc1cc(C23CC4CC(CC(C4)C2)C3)c2c(c1C(=O)c1ccccc1)N(C(=O)c1ccccc1)C(O)CC2. The molecule has 4 heteroatoms. The van der Waals surface area contributed by atoms with Crippen molar-refractivity contribution in [1.29, 1.82) is 0 Å². The summed E-state index contributed by atoms with van der Waals surface area (Å²) in [4.78, 5) is 29.6. The van der Waals surface area contributed by atoms with E-state index >= 15 is 0 Å². The second-order valence-corrected chi connectivity index (χ2v) is 12.4. The molecule has 1 unspecified atom stereocenters. The Labute approximate surface area is 224 Å². The van der Waals surface area contributed by atoms with Gasteiger partial charge in [-0.05, 0) is 110 Å². The van der Waals surface area contributed by atoms with Gasteiger partial charge in [0.25, 0.3) is 5.91 Å². The molecule has 0 aromatic heterocycles. The van der Waals surface area contributed by atoms with Gasteiger partial charge in [-0.3, -0.25) is 14.5 Å². The molecule has 4 nitrogen and oxygen atoms in total. The lowest BCUT2D eigenvalue weighted by atomic mass is 9.47. The second kappa shape index (κ2) is 8.91. The van der Waals surface area contributed by atoms with Crippen LogP contribution in [0, 0.1) is 24.7 Å². The van der Waals surface area contributed by atoms with Gasteiger partial charge in [-0.1, -0.05) is 54.6 Å². The van der Waals surface area contributed by atoms with E-state index in [1.54, 1.807) is 17.0 Å². The van der Waals surface area contributed by atoms with Crippen LogP contribution in [0.3, 0.4) is 0 Å². The fourth-order valence-electron chi connectivity index (χ4n) is 8.80. The van der Waals surface area contributed by atoms with E-state index in [4.69, 9.17) is 0 Å². The standard InChI is InChI=1S/C34H35NO3/c1-21-14-28(34-18-22-15-23(19-34)17-24(16-22)20-34)27-12-13-29(36)35(33(38)26-10-6-3-7-11-26)31(27)30(21)32(37)25-8-4-2-5-9-25/h2-11,14,22-24,29,36H,12-13,15-20H2,1H3. The summed E-state index contributed by atoms with van der Waals surface area (Å²) in [6.07, 6.45) is 7.93. The normalized spacial score (nSPS) is 29.3. The van der Waals surface area contributed by atoms with Gasteiger partial charge in [-0.2, -0.15) is 0 Å². The molecule has 38 heavy (non-hydrogen) atoms. The Morgan fingerprint density at radius 2 is 1.39 bits per heavy atom. The lowest BCUT2D eigenvalue weighted by molar-refractivity contribution is -0.00579. The number of ketones is 1. The smallest absolute Gasteiger partial charge is 0.260 e. The van der Waals surface area contributed by atoms with Gasteiger partial charge >= 0.3 is 0 Å². The Hall–Kier alpha value is -3.24. The molecule has 1 amide bonds. The third kappa shape index (κ3) is 3.68. The molecule has 4 bridgehead atoms. The average molecular weight is 506 g/mol. The maximum Gasteiger partial charge on any atom is 0.260 e. The minimum absolute atomic E-state index is 0.0867. The molecule has 3 aromatic rings. The monoisotopic (exact) mass is 505 g/mol. The molecule has 0 spiro atoms. The number of fused-ring (bicyclic) bond motifs is 1. The van der Waals surface area contributed by atoms with Crippen molar-refractivity contribution < 1.29 is 14.7 Å². The molecule has 1 atom stereocenters. The summed E-state index contributed by atoms with van der Waals surface area (Å²) in [6.45, 7) is 2.02. The van der Waals surface area contributed by atoms with E-state index in [0.29, 0.717) is 35.2 Å². The van der Waals surface area contributed by atoms with E-state index in [-0.39, 0.29) is 17.1 Å². The first-order valence-corrected chi connectivity index (χ1v) is 14.3. The molecule has 5 aliphatic rings. The number of hydrogen-bond acceptors (Lipinski definition) is 3. The molecule has 1 aliphatic heterocycles. The largest absolute Gasteiger partial charge is 0.373 e. The van der Waals surface area contributed by atoms with Gasteiger partial charge in [0.05, 0.1) is 5.69 Å². The summed E-state index contributed by atoms with van der Waals surface area (Å²) in [6, 6.07) is 20.8. The third-order valence-corrected chi connectivity index (χ3v) is 9.91. The van der Waals surface area contributed by atoms with Crippen molar-refractivity contribution in [3.8, 4) is 0 Å². The van der Waals surface area contributed by atoms with E-state index < -0.39 is 6.23 Å². The van der Waals surface area contributed by atoms with Crippen LogP contribution in [0.2, 0.25) is 0 Å². The first-order valence-electron chi connectivity index (χ1n) is 14.3. The van der Waals surface area contributed by atoms with Crippen molar-refractivity contribution in [2.24, 2.45) is 17.8 Å². The molecule has 1 N–H and O–H groups in total. The van der Waals surface area contributed by atoms with Crippen LogP contribution >= 0.6 is 0 Å². The molecule has 4 fully saturated rings. The molecule has 194 valence electrons. The zero-order valence-corrected chi connectivity index (χ0v) is 22.0. The van der Waals surface area contributed by atoms with Crippen LogP contribution in [0.15, 0.2) is 66.7 Å². The van der Waals surface area contributed by atoms with Gasteiger partial charge in [0.1, 0.15) is 6.23 Å². The summed E-state index contributed by atoms with van der Waals surface area (Å²) in [7, 11) is 0. The summed E-state index contributed by atoms with van der Waals surface area (Å²) in [5.41, 5.74) is 5.84. The summed E-state index contributed by atoms with van der Waals surface area (Å²) in [5, 5.41) is 11.3. The highest BCUT2D eigenvalue weighted by Gasteiger charge is 2.53. The zero-order valence-electron chi connectivity index (χ0n) is 22.0. The predicted molar refractivity (Wildman–Crippen MR) is 148 cm³/mol. The van der Waals surface area contributed by atoms with Crippen LogP contribution in [-0.4, -0.2) is 23.0 Å². The van der Waals surface area contributed by atoms with Gasteiger partial charge in [0.2, 0.25) is 0 Å². The molecule has 0 saturated heterocycles. The fraction of sp³-hybridized carbons (Fsp3) is 0.412. The molecular formula is C34H35NO3. The molecule has 8 rings (SSSR count). The first kappa shape index (κ1) is 23.8. The Kier molecular flexibility index (Phi) is 5.59. The Balaban J connectivity index is 1.46. The minimum atomic E-state index is -0.969. The van der Waals surface area contributed by atoms with Gasteiger partial charge in [-0.15, -0.1) is 0 Å². The van der Waals surface area contributed by atoms with E-state index in [0.717, 1.165) is 28.9 Å². The minimum Gasteiger partial charge on any atom is -0.373 e. The van der Waals surface area contributed by atoms with Gasteiger partial charge < -0.3 is 5.11 Å². The molecular weight excluding hydrogens is 470 g/mol. The molecule has 3 aromatic carbocycles. The highest BCUT2D eigenvalue weighted by Crippen LogP contribution is 2.62.